The van der Waals surface area contributed by atoms with Gasteiger partial charge in [0.1, 0.15) is 17.3 Å². The molecule has 6 nitrogen and oxygen atoms in total. The first kappa shape index (κ1) is 27.6. The number of anilines is 1. The average molecular weight is 502 g/mol. The molecule has 1 unspecified atom stereocenters. The van der Waals surface area contributed by atoms with Gasteiger partial charge < -0.3 is 20.5 Å². The first-order valence-electron chi connectivity index (χ1n) is 11.1. The first-order valence-corrected chi connectivity index (χ1v) is 11.5. The number of hydrogen-bond donors (Lipinski definition) is 2. The number of piperidine rings is 1. The number of carbonyl (C=O) groups is 1. The Hall–Kier alpha value is -2.65. The number of carbonyl (C=O) groups excluding carboxylic acids is 1. The second kappa shape index (κ2) is 12.7. The Labute approximate surface area is 203 Å². The Balaban J connectivity index is 0.00000199. The van der Waals surface area contributed by atoms with E-state index in [-0.39, 0.29) is 34.3 Å². The predicted molar refractivity (Wildman–Crippen MR) is 128 cm³/mol. The molecule has 3 N–H and O–H groups in total. The second-order valence-electron chi connectivity index (χ2n) is 7.58. The average Bonchev–Trinajstić information content (AvgIpc) is 2.82. The maximum absolute atomic E-state index is 14.7. The van der Waals surface area contributed by atoms with Crippen LogP contribution >= 0.6 is 11.6 Å². The van der Waals surface area contributed by atoms with Gasteiger partial charge in [-0.3, -0.25) is 9.69 Å². The van der Waals surface area contributed by atoms with E-state index in [4.69, 9.17) is 26.8 Å². The van der Waals surface area contributed by atoms with Crippen LogP contribution in [0, 0.1) is 5.82 Å². The van der Waals surface area contributed by atoms with Gasteiger partial charge in [0.15, 0.2) is 0 Å². The van der Waals surface area contributed by atoms with Crippen LogP contribution in [0.4, 0.5) is 18.9 Å². The molecule has 0 bridgehead atoms. The number of amides is 1. The van der Waals surface area contributed by atoms with Crippen molar-refractivity contribution in [3.63, 3.8) is 0 Å². The topological polar surface area (TPSA) is 76.8 Å². The molecule has 1 aliphatic rings. The zero-order valence-corrected chi connectivity index (χ0v) is 20.3. The molecule has 0 saturated carbocycles. The fourth-order valence-corrected chi connectivity index (χ4v) is 3.70. The summed E-state index contributed by atoms with van der Waals surface area (Å²) in [5, 5.41) is 2.55. The Bertz CT molecular complexity index is 945. The minimum absolute atomic E-state index is 0.0443. The fourth-order valence-electron chi connectivity index (χ4n) is 3.54. The lowest BCUT2D eigenvalue weighted by atomic mass is 9.99. The molecule has 2 aromatic rings. The highest BCUT2D eigenvalue weighted by atomic mass is 35.5. The van der Waals surface area contributed by atoms with Crippen molar-refractivity contribution in [2.24, 2.45) is 0 Å². The largest absolute Gasteiger partial charge is 0.496 e. The smallest absolute Gasteiger partial charge is 0.280 e. The van der Waals surface area contributed by atoms with Crippen molar-refractivity contribution in [1.82, 2.24) is 10.2 Å². The second-order valence-corrected chi connectivity index (χ2v) is 7.99. The number of rotatable bonds is 8. The van der Waals surface area contributed by atoms with Crippen molar-refractivity contribution in [2.75, 3.05) is 39.1 Å². The van der Waals surface area contributed by atoms with Crippen molar-refractivity contribution in [1.29, 1.82) is 0 Å². The summed E-state index contributed by atoms with van der Waals surface area (Å²) in [6.07, 6.45) is 0.619. The Morgan fingerprint density at radius 2 is 1.94 bits per heavy atom. The van der Waals surface area contributed by atoms with Gasteiger partial charge in [0.05, 0.1) is 42.6 Å². The van der Waals surface area contributed by atoms with Gasteiger partial charge in [-0.2, -0.15) is 0 Å². The SMILES string of the molecule is CC.COc1cc(N)c(Cl)cc1C(=O)NC1CCN(CCCOc2ccc(F)cc2)CC1(F)F. The Morgan fingerprint density at radius 3 is 2.56 bits per heavy atom. The van der Waals surface area contributed by atoms with Crippen LogP contribution in [0.25, 0.3) is 0 Å². The van der Waals surface area contributed by atoms with Gasteiger partial charge in [-0.25, -0.2) is 13.2 Å². The van der Waals surface area contributed by atoms with E-state index in [1.54, 1.807) is 4.90 Å². The number of ether oxygens (including phenoxy) is 2. The van der Waals surface area contributed by atoms with Crippen LogP contribution in [0.15, 0.2) is 36.4 Å². The number of methoxy groups -OCH3 is 1. The molecule has 1 saturated heterocycles. The highest BCUT2D eigenvalue weighted by molar-refractivity contribution is 6.33. The van der Waals surface area contributed by atoms with Crippen molar-refractivity contribution >= 4 is 23.2 Å². The predicted octanol–water partition coefficient (Wildman–Crippen LogP) is 5.00. The van der Waals surface area contributed by atoms with E-state index in [9.17, 15) is 18.0 Å². The Morgan fingerprint density at radius 1 is 1.26 bits per heavy atom. The van der Waals surface area contributed by atoms with Crippen LogP contribution in [0.1, 0.15) is 37.0 Å². The number of benzene rings is 2. The quantitative estimate of drug-likeness (QED) is 0.393. The molecule has 0 aromatic heterocycles. The summed E-state index contributed by atoms with van der Waals surface area (Å²) in [7, 11) is 1.35. The standard InChI is InChI=1S/C22H25ClF3N3O3.C2H6/c1-31-19-12-18(27)17(23)11-16(19)21(30)28-20-7-9-29(13-22(20,25)26)8-2-10-32-15-5-3-14(24)4-6-15;1-2/h3-6,11-12,20H,2,7-10,13,27H2,1H3,(H,28,30);1-2H3. The zero-order valence-electron chi connectivity index (χ0n) is 19.5. The van der Waals surface area contributed by atoms with E-state index in [0.29, 0.717) is 31.9 Å². The molecule has 0 spiro atoms. The summed E-state index contributed by atoms with van der Waals surface area (Å²) < 4.78 is 53.0. The molecule has 34 heavy (non-hydrogen) atoms. The summed E-state index contributed by atoms with van der Waals surface area (Å²) in [5.41, 5.74) is 5.97. The van der Waals surface area contributed by atoms with Gasteiger partial charge in [0, 0.05) is 19.2 Å². The molecule has 0 radical (unpaired) electrons. The number of halogens is 4. The van der Waals surface area contributed by atoms with Crippen LogP contribution in [-0.2, 0) is 0 Å². The number of nitrogen functional groups attached to an aromatic ring is 1. The molecule has 188 valence electrons. The third-order valence-electron chi connectivity index (χ3n) is 5.25. The molecular weight excluding hydrogens is 471 g/mol. The molecular formula is C24H31ClF3N3O3. The minimum Gasteiger partial charge on any atom is -0.496 e. The van der Waals surface area contributed by atoms with Crippen molar-refractivity contribution in [2.45, 2.75) is 38.7 Å². The van der Waals surface area contributed by atoms with Gasteiger partial charge in [-0.1, -0.05) is 25.4 Å². The monoisotopic (exact) mass is 501 g/mol. The molecule has 10 heteroatoms. The summed E-state index contributed by atoms with van der Waals surface area (Å²) in [5.74, 6) is -3.49. The summed E-state index contributed by atoms with van der Waals surface area (Å²) >= 11 is 5.97. The van der Waals surface area contributed by atoms with E-state index >= 15 is 0 Å². The van der Waals surface area contributed by atoms with Gasteiger partial charge in [0.2, 0.25) is 0 Å². The van der Waals surface area contributed by atoms with Crippen molar-refractivity contribution in [3.05, 3.63) is 52.8 Å². The molecule has 1 heterocycles. The highest BCUT2D eigenvalue weighted by Gasteiger charge is 2.45. The molecule has 0 aliphatic carbocycles. The molecule has 1 atom stereocenters. The third kappa shape index (κ3) is 7.43. The summed E-state index contributed by atoms with van der Waals surface area (Å²) in [6, 6.07) is 6.99. The molecule has 2 aromatic carbocycles. The fraction of sp³-hybridized carbons (Fsp3) is 0.458. The van der Waals surface area contributed by atoms with E-state index in [1.165, 1.54) is 43.5 Å². The van der Waals surface area contributed by atoms with Crippen LogP contribution in [0.3, 0.4) is 0 Å². The number of hydrogen-bond acceptors (Lipinski definition) is 5. The van der Waals surface area contributed by atoms with Crippen LogP contribution < -0.4 is 20.5 Å². The van der Waals surface area contributed by atoms with Crippen LogP contribution in [0.2, 0.25) is 5.02 Å². The first-order chi connectivity index (χ1) is 16.2. The molecule has 1 amide bonds. The maximum atomic E-state index is 14.7. The molecule has 3 rings (SSSR count). The van der Waals surface area contributed by atoms with E-state index in [2.05, 4.69) is 5.32 Å². The van der Waals surface area contributed by atoms with E-state index in [0.717, 1.165) is 0 Å². The maximum Gasteiger partial charge on any atom is 0.280 e. The zero-order chi connectivity index (χ0) is 25.3. The third-order valence-corrected chi connectivity index (χ3v) is 5.58. The van der Waals surface area contributed by atoms with Crippen molar-refractivity contribution < 1.29 is 27.4 Å². The normalized spacial score (nSPS) is 17.3. The number of nitrogens with two attached hydrogens (primary N) is 1. The van der Waals surface area contributed by atoms with E-state index in [1.807, 2.05) is 13.8 Å². The van der Waals surface area contributed by atoms with Gasteiger partial charge >= 0.3 is 0 Å². The number of likely N-dealkylation sites (tertiary alicyclic amines) is 1. The number of nitrogens with zero attached hydrogens (tertiary/aromatic N) is 1. The molecule has 1 fully saturated rings. The van der Waals surface area contributed by atoms with Gasteiger partial charge in [-0.05, 0) is 43.2 Å². The minimum atomic E-state index is -3.11. The number of alkyl halides is 2. The lowest BCUT2D eigenvalue weighted by molar-refractivity contribution is -0.0879. The highest BCUT2D eigenvalue weighted by Crippen LogP contribution is 2.31. The molecule has 1 aliphatic heterocycles. The summed E-state index contributed by atoms with van der Waals surface area (Å²) in [6.45, 7) is 4.66. The Kier molecular flexibility index (Phi) is 10.3. The summed E-state index contributed by atoms with van der Waals surface area (Å²) in [4.78, 5) is 14.3. The van der Waals surface area contributed by atoms with Crippen molar-refractivity contribution in [3.8, 4) is 11.5 Å². The lowest BCUT2D eigenvalue weighted by Gasteiger charge is -2.38. The van der Waals surface area contributed by atoms with Crippen LogP contribution in [0.5, 0.6) is 11.5 Å². The van der Waals surface area contributed by atoms with E-state index < -0.39 is 24.4 Å². The van der Waals surface area contributed by atoms with Crippen LogP contribution in [-0.4, -0.2) is 56.1 Å². The lowest BCUT2D eigenvalue weighted by Crippen LogP contribution is -2.58. The number of nitrogens with one attached hydrogen (secondary N) is 1. The van der Waals surface area contributed by atoms with Gasteiger partial charge in [0.25, 0.3) is 11.8 Å². The van der Waals surface area contributed by atoms with Gasteiger partial charge in [-0.15, -0.1) is 0 Å².